The van der Waals surface area contributed by atoms with Gasteiger partial charge in [-0.1, -0.05) is 48.5 Å². The lowest BCUT2D eigenvalue weighted by molar-refractivity contribution is -0.122. The molecule has 3 aromatic carbocycles. The van der Waals surface area contributed by atoms with E-state index in [-0.39, 0.29) is 36.3 Å². The van der Waals surface area contributed by atoms with Gasteiger partial charge in [-0.3, -0.25) is 4.79 Å². The van der Waals surface area contributed by atoms with Gasteiger partial charge in [0.15, 0.2) is 11.6 Å². The predicted molar refractivity (Wildman–Crippen MR) is 138 cm³/mol. The molecular weight excluding hydrogens is 496 g/mol. The average Bonchev–Trinajstić information content (AvgIpc) is 3.26. The first-order chi connectivity index (χ1) is 17.6. The van der Waals surface area contributed by atoms with Crippen molar-refractivity contribution >= 4 is 15.8 Å². The number of ketones is 1. The molecule has 2 atom stereocenters. The van der Waals surface area contributed by atoms with Crippen molar-refractivity contribution in [1.29, 1.82) is 0 Å². The van der Waals surface area contributed by atoms with Crippen LogP contribution in [0.1, 0.15) is 30.4 Å². The summed E-state index contributed by atoms with van der Waals surface area (Å²) in [6, 6.07) is 17.5. The molecule has 1 aliphatic rings. The first kappa shape index (κ1) is 26.5. The molecule has 4 rings (SSSR count). The molecule has 0 heterocycles. The number of para-hydroxylation sites is 1. The summed E-state index contributed by atoms with van der Waals surface area (Å²) in [6.45, 7) is 0.102. The maximum atomic E-state index is 15.1. The summed E-state index contributed by atoms with van der Waals surface area (Å²) in [5, 5.41) is 0. The molecule has 8 heteroatoms. The fourth-order valence-corrected chi connectivity index (χ4v) is 5.81. The van der Waals surface area contributed by atoms with Crippen molar-refractivity contribution in [2.45, 2.75) is 38.3 Å². The molecule has 1 fully saturated rings. The van der Waals surface area contributed by atoms with Gasteiger partial charge in [0.2, 0.25) is 15.8 Å². The van der Waals surface area contributed by atoms with Crippen molar-refractivity contribution in [3.63, 3.8) is 0 Å². The van der Waals surface area contributed by atoms with Crippen LogP contribution < -0.4 is 9.46 Å². The summed E-state index contributed by atoms with van der Waals surface area (Å²) in [7, 11) is -3.46. The van der Waals surface area contributed by atoms with Crippen molar-refractivity contribution in [2.24, 2.45) is 5.41 Å². The van der Waals surface area contributed by atoms with E-state index in [4.69, 9.17) is 11.2 Å². The Morgan fingerprint density at radius 1 is 1.05 bits per heavy atom. The second-order valence-electron chi connectivity index (χ2n) is 9.47. The number of nitrogens with one attached hydrogen (secondary N) is 1. The Kier molecular flexibility index (Phi) is 7.76. The first-order valence-corrected chi connectivity index (χ1v) is 13.7. The van der Waals surface area contributed by atoms with Crippen molar-refractivity contribution in [3.05, 3.63) is 89.5 Å². The van der Waals surface area contributed by atoms with E-state index in [0.29, 0.717) is 18.4 Å². The number of terminal acetylenes is 1. The molecule has 0 aromatic heterocycles. The molecule has 1 aliphatic carbocycles. The molecule has 1 saturated carbocycles. The van der Waals surface area contributed by atoms with Gasteiger partial charge in [-0.25, -0.2) is 21.9 Å². The number of hydrogen-bond acceptors (Lipinski definition) is 4. The maximum Gasteiger partial charge on any atom is 0.211 e. The van der Waals surface area contributed by atoms with E-state index in [1.807, 2.05) is 30.3 Å². The van der Waals surface area contributed by atoms with Crippen LogP contribution in [0.3, 0.4) is 0 Å². The third kappa shape index (κ3) is 6.24. The molecule has 0 saturated heterocycles. The normalized spacial score (nSPS) is 19.4. The monoisotopic (exact) mass is 523 g/mol. The Labute approximate surface area is 215 Å². The number of rotatable bonds is 9. The van der Waals surface area contributed by atoms with Crippen molar-refractivity contribution in [2.75, 3.05) is 6.26 Å². The van der Waals surface area contributed by atoms with Crippen LogP contribution in [0.15, 0.2) is 66.7 Å². The average molecular weight is 524 g/mol. The van der Waals surface area contributed by atoms with Crippen LogP contribution in [0.5, 0.6) is 5.75 Å². The zero-order valence-electron chi connectivity index (χ0n) is 20.3. The van der Waals surface area contributed by atoms with Crippen LogP contribution in [0, 0.1) is 29.4 Å². The lowest BCUT2D eigenvalue weighted by Crippen LogP contribution is -2.36. The molecule has 0 unspecified atom stereocenters. The SMILES string of the molecule is C#CC(=O)[C@@]1(Cc2ccc(F)c(-c3cccc(F)c3OCc3ccccc3)c2)CC[C@H](NS(C)(=O)=O)C1. The Hall–Kier alpha value is -3.54. The molecule has 3 aromatic rings. The van der Waals surface area contributed by atoms with Gasteiger partial charge in [-0.15, -0.1) is 6.42 Å². The fourth-order valence-electron chi connectivity index (χ4n) is 5.01. The summed E-state index contributed by atoms with van der Waals surface area (Å²) in [4.78, 5) is 12.8. The van der Waals surface area contributed by atoms with Gasteiger partial charge < -0.3 is 4.74 Å². The molecule has 0 bridgehead atoms. The van der Waals surface area contributed by atoms with E-state index in [2.05, 4.69) is 10.6 Å². The minimum Gasteiger partial charge on any atom is -0.485 e. The van der Waals surface area contributed by atoms with Gasteiger partial charge >= 0.3 is 0 Å². The van der Waals surface area contributed by atoms with Gasteiger partial charge in [-0.05, 0) is 60.9 Å². The molecule has 0 spiro atoms. The zero-order chi connectivity index (χ0) is 26.6. The van der Waals surface area contributed by atoms with Gasteiger partial charge in [0.05, 0.1) is 6.26 Å². The minimum absolute atomic E-state index is 0.0740. The first-order valence-electron chi connectivity index (χ1n) is 11.8. The van der Waals surface area contributed by atoms with E-state index < -0.39 is 38.9 Å². The number of benzene rings is 3. The number of hydrogen-bond donors (Lipinski definition) is 1. The van der Waals surface area contributed by atoms with Gasteiger partial charge in [0.25, 0.3) is 0 Å². The van der Waals surface area contributed by atoms with Crippen molar-refractivity contribution in [3.8, 4) is 29.2 Å². The summed E-state index contributed by atoms with van der Waals surface area (Å²) >= 11 is 0. The minimum atomic E-state index is -3.46. The molecular formula is C29H27F2NO4S. The van der Waals surface area contributed by atoms with E-state index in [0.717, 1.165) is 11.8 Å². The second-order valence-corrected chi connectivity index (χ2v) is 11.2. The summed E-state index contributed by atoms with van der Waals surface area (Å²) in [5.74, 6) is 0.509. The Balaban J connectivity index is 1.65. The third-order valence-corrected chi connectivity index (χ3v) is 7.42. The largest absolute Gasteiger partial charge is 0.485 e. The van der Waals surface area contributed by atoms with E-state index in [9.17, 15) is 17.6 Å². The van der Waals surface area contributed by atoms with E-state index in [1.165, 1.54) is 18.2 Å². The highest BCUT2D eigenvalue weighted by atomic mass is 32.2. The molecule has 0 radical (unpaired) electrons. The highest BCUT2D eigenvalue weighted by Gasteiger charge is 2.45. The summed E-state index contributed by atoms with van der Waals surface area (Å²) in [6.07, 6.45) is 7.82. The van der Waals surface area contributed by atoms with Crippen LogP contribution in [0.2, 0.25) is 0 Å². The molecule has 37 heavy (non-hydrogen) atoms. The maximum absolute atomic E-state index is 15.1. The molecule has 192 valence electrons. The second kappa shape index (κ2) is 10.8. The van der Waals surface area contributed by atoms with Crippen LogP contribution in [0.25, 0.3) is 11.1 Å². The number of carbonyl (C=O) groups excluding carboxylic acids is 1. The Morgan fingerprint density at radius 3 is 2.51 bits per heavy atom. The van der Waals surface area contributed by atoms with E-state index >= 15 is 4.39 Å². The molecule has 5 nitrogen and oxygen atoms in total. The summed E-state index contributed by atoms with van der Waals surface area (Å²) < 4.78 is 61.7. The van der Waals surface area contributed by atoms with Crippen LogP contribution in [0.4, 0.5) is 8.78 Å². The number of carbonyl (C=O) groups is 1. The highest BCUT2D eigenvalue weighted by molar-refractivity contribution is 7.88. The number of sulfonamides is 1. The highest BCUT2D eigenvalue weighted by Crippen LogP contribution is 2.43. The van der Waals surface area contributed by atoms with Gasteiger partial charge in [0, 0.05) is 22.6 Å². The van der Waals surface area contributed by atoms with Crippen LogP contribution >= 0.6 is 0 Å². The number of ether oxygens (including phenoxy) is 1. The molecule has 0 amide bonds. The predicted octanol–water partition coefficient (Wildman–Crippen LogP) is 5.04. The number of halogens is 2. The summed E-state index contributed by atoms with van der Waals surface area (Å²) in [5.41, 5.74) is 0.848. The number of Topliss-reactive ketones (excluding diaryl/α,β-unsaturated/α-hetero) is 1. The van der Waals surface area contributed by atoms with Gasteiger partial charge in [-0.2, -0.15) is 0 Å². The zero-order valence-corrected chi connectivity index (χ0v) is 21.2. The topological polar surface area (TPSA) is 72.5 Å². The van der Waals surface area contributed by atoms with Crippen molar-refractivity contribution < 1.29 is 26.7 Å². The molecule has 0 aliphatic heterocycles. The van der Waals surface area contributed by atoms with Crippen LogP contribution in [-0.4, -0.2) is 26.5 Å². The molecule has 1 N–H and O–H groups in total. The smallest absolute Gasteiger partial charge is 0.211 e. The standard InChI is InChI=1S/C29H27F2NO4S/c1-3-27(33)29(15-14-22(18-29)32-37(2,34)35)17-21-12-13-25(30)24(16-21)23-10-7-11-26(31)28(23)36-19-20-8-5-4-6-9-20/h1,4-13,16,22,32H,14-15,17-19H2,2H3/t22-,29+/m0/s1. The fraction of sp³-hybridized carbons (Fsp3) is 0.276. The van der Waals surface area contributed by atoms with Crippen molar-refractivity contribution in [1.82, 2.24) is 4.72 Å². The lowest BCUT2D eigenvalue weighted by Gasteiger charge is -2.26. The Bertz CT molecular complexity index is 1450. The third-order valence-electron chi connectivity index (χ3n) is 6.66. The Morgan fingerprint density at radius 2 is 1.81 bits per heavy atom. The van der Waals surface area contributed by atoms with E-state index in [1.54, 1.807) is 18.2 Å². The lowest BCUT2D eigenvalue weighted by atomic mass is 9.76. The van der Waals surface area contributed by atoms with Crippen LogP contribution in [-0.2, 0) is 27.8 Å². The quantitative estimate of drug-likeness (QED) is 0.315. The van der Waals surface area contributed by atoms with Gasteiger partial charge in [0.1, 0.15) is 12.4 Å².